The summed E-state index contributed by atoms with van der Waals surface area (Å²) in [5.74, 6) is -1.42. The maximum Gasteiger partial charge on any atom is 0.513 e. The zero-order valence-electron chi connectivity index (χ0n) is 24.0. The summed E-state index contributed by atoms with van der Waals surface area (Å²) in [6, 6.07) is 3.19. The minimum atomic E-state index is -1.16. The van der Waals surface area contributed by atoms with Gasteiger partial charge in [0.05, 0.1) is 19.8 Å². The Kier molecular flexibility index (Phi) is 13.0. The summed E-state index contributed by atoms with van der Waals surface area (Å²) in [7, 11) is 0. The van der Waals surface area contributed by atoms with Crippen molar-refractivity contribution in [2.75, 3.05) is 26.4 Å². The smallest absolute Gasteiger partial charge is 0.480 e. The number of benzene rings is 1. The van der Waals surface area contributed by atoms with E-state index in [1.165, 1.54) is 18.2 Å². The maximum atomic E-state index is 12.3. The van der Waals surface area contributed by atoms with E-state index in [0.29, 0.717) is 5.56 Å². The lowest BCUT2D eigenvalue weighted by Gasteiger charge is -2.20. The van der Waals surface area contributed by atoms with Gasteiger partial charge in [0.2, 0.25) is 0 Å². The fourth-order valence-corrected chi connectivity index (χ4v) is 2.78. The van der Waals surface area contributed by atoms with E-state index in [0.717, 1.165) is 0 Å². The van der Waals surface area contributed by atoms with Crippen LogP contribution in [0.2, 0.25) is 0 Å². The standard InChI is InChI=1S/C27H41NO11/c1-9-34-23(31)37-17(2)14-28-19(22(29)30)12-18-10-11-20(38-24(32)35-15-26(3,4)5)21(13-18)39-25(33)36-16-27(6,7)8/h10-11,13,17,19,28H,9,12,14-16H2,1-8H3,(H,29,30)/t17?,19-/m0/s1. The summed E-state index contributed by atoms with van der Waals surface area (Å²) >= 11 is 0. The van der Waals surface area contributed by atoms with Gasteiger partial charge in [0, 0.05) is 6.54 Å². The van der Waals surface area contributed by atoms with Crippen LogP contribution in [0.3, 0.4) is 0 Å². The molecule has 0 aliphatic rings. The highest BCUT2D eigenvalue weighted by atomic mass is 16.7. The van der Waals surface area contributed by atoms with E-state index in [9.17, 15) is 24.3 Å². The molecule has 12 nitrogen and oxygen atoms in total. The van der Waals surface area contributed by atoms with Crippen LogP contribution in [0.5, 0.6) is 11.5 Å². The second kappa shape index (κ2) is 15.2. The summed E-state index contributed by atoms with van der Waals surface area (Å²) in [4.78, 5) is 47.9. The average molecular weight is 556 g/mol. The van der Waals surface area contributed by atoms with Crippen LogP contribution in [0.4, 0.5) is 14.4 Å². The molecule has 39 heavy (non-hydrogen) atoms. The molecule has 1 unspecified atom stereocenters. The number of carboxylic acid groups (broad SMARTS) is 1. The number of ether oxygens (including phenoxy) is 6. The van der Waals surface area contributed by atoms with Crippen molar-refractivity contribution in [3.8, 4) is 11.5 Å². The first-order chi connectivity index (χ1) is 18.0. The summed E-state index contributed by atoms with van der Waals surface area (Å²) in [6.45, 7) is 14.8. The number of carboxylic acids is 1. The highest BCUT2D eigenvalue weighted by Crippen LogP contribution is 2.30. The normalized spacial score (nSPS) is 13.0. The molecule has 0 radical (unpaired) electrons. The predicted molar refractivity (Wildman–Crippen MR) is 140 cm³/mol. The fourth-order valence-electron chi connectivity index (χ4n) is 2.78. The van der Waals surface area contributed by atoms with Gasteiger partial charge in [0.15, 0.2) is 11.5 Å². The largest absolute Gasteiger partial charge is 0.513 e. The van der Waals surface area contributed by atoms with E-state index >= 15 is 0 Å². The minimum absolute atomic E-state index is 0.0381. The molecule has 0 aliphatic heterocycles. The average Bonchev–Trinajstić information content (AvgIpc) is 2.79. The van der Waals surface area contributed by atoms with Crippen molar-refractivity contribution in [2.24, 2.45) is 10.8 Å². The molecule has 0 saturated heterocycles. The van der Waals surface area contributed by atoms with Crippen molar-refractivity contribution in [1.29, 1.82) is 0 Å². The zero-order chi connectivity index (χ0) is 29.8. The number of aliphatic carboxylic acids is 1. The lowest BCUT2D eigenvalue weighted by molar-refractivity contribution is -0.139. The number of hydrogen-bond donors (Lipinski definition) is 2. The Balaban J connectivity index is 3.04. The van der Waals surface area contributed by atoms with Crippen LogP contribution in [0, 0.1) is 10.8 Å². The van der Waals surface area contributed by atoms with E-state index in [2.05, 4.69) is 5.32 Å². The molecule has 1 aromatic carbocycles. The summed E-state index contributed by atoms with van der Waals surface area (Å²) in [5, 5.41) is 12.5. The molecule has 0 spiro atoms. The van der Waals surface area contributed by atoms with Crippen LogP contribution >= 0.6 is 0 Å². The zero-order valence-corrected chi connectivity index (χ0v) is 24.0. The lowest BCUT2D eigenvalue weighted by atomic mass is 9.99. The van der Waals surface area contributed by atoms with Gasteiger partial charge < -0.3 is 38.8 Å². The molecular weight excluding hydrogens is 514 g/mol. The van der Waals surface area contributed by atoms with Gasteiger partial charge in [-0.2, -0.15) is 0 Å². The minimum Gasteiger partial charge on any atom is -0.480 e. The molecule has 2 N–H and O–H groups in total. The van der Waals surface area contributed by atoms with Crippen LogP contribution < -0.4 is 14.8 Å². The Hall–Kier alpha value is -3.54. The van der Waals surface area contributed by atoms with Crippen molar-refractivity contribution >= 4 is 24.4 Å². The SMILES string of the molecule is CCOC(=O)OC(C)CN[C@@H](Cc1ccc(OC(=O)OCC(C)(C)C)c(OC(=O)OCC(C)(C)C)c1)C(=O)O. The van der Waals surface area contributed by atoms with Crippen LogP contribution in [0.1, 0.15) is 61.0 Å². The molecule has 0 fully saturated rings. The van der Waals surface area contributed by atoms with Crippen LogP contribution in [-0.4, -0.2) is 68.1 Å². The lowest BCUT2D eigenvalue weighted by Crippen LogP contribution is -2.42. The Morgan fingerprint density at radius 3 is 1.87 bits per heavy atom. The summed E-state index contributed by atoms with van der Waals surface area (Å²) in [6.07, 6.45) is -3.56. The van der Waals surface area contributed by atoms with Gasteiger partial charge in [-0.3, -0.25) is 4.79 Å². The molecule has 0 bridgehead atoms. The molecule has 1 aromatic rings. The first-order valence-corrected chi connectivity index (χ1v) is 12.6. The third kappa shape index (κ3) is 14.8. The third-order valence-electron chi connectivity index (χ3n) is 4.59. The van der Waals surface area contributed by atoms with Crippen molar-refractivity contribution in [3.63, 3.8) is 0 Å². The number of carbonyl (C=O) groups excluding carboxylic acids is 3. The molecule has 0 aliphatic carbocycles. The Morgan fingerprint density at radius 2 is 1.38 bits per heavy atom. The molecule has 12 heteroatoms. The highest BCUT2D eigenvalue weighted by molar-refractivity contribution is 5.74. The number of hydrogen-bond acceptors (Lipinski definition) is 11. The maximum absolute atomic E-state index is 12.3. The second-order valence-corrected chi connectivity index (χ2v) is 11.3. The fraction of sp³-hybridized carbons (Fsp3) is 0.630. The first kappa shape index (κ1) is 33.5. The van der Waals surface area contributed by atoms with Crippen molar-refractivity contribution in [3.05, 3.63) is 23.8 Å². The molecule has 0 saturated carbocycles. The van der Waals surface area contributed by atoms with Crippen molar-refractivity contribution < 1.29 is 52.7 Å². The van der Waals surface area contributed by atoms with Gasteiger partial charge in [0.1, 0.15) is 12.1 Å². The van der Waals surface area contributed by atoms with Crippen LogP contribution in [-0.2, 0) is 30.2 Å². The molecule has 0 amide bonds. The molecule has 220 valence electrons. The van der Waals surface area contributed by atoms with Crippen molar-refractivity contribution in [2.45, 2.75) is 74.0 Å². The second-order valence-electron chi connectivity index (χ2n) is 11.3. The quantitative estimate of drug-likeness (QED) is 0.203. The molecule has 0 heterocycles. The highest BCUT2D eigenvalue weighted by Gasteiger charge is 2.23. The van der Waals surface area contributed by atoms with Gasteiger partial charge in [-0.1, -0.05) is 47.6 Å². The Morgan fingerprint density at radius 1 is 0.846 bits per heavy atom. The van der Waals surface area contributed by atoms with E-state index in [4.69, 9.17) is 28.4 Å². The van der Waals surface area contributed by atoms with Gasteiger partial charge in [-0.05, 0) is 48.8 Å². The number of nitrogens with one attached hydrogen (secondary N) is 1. The number of rotatable bonds is 12. The first-order valence-electron chi connectivity index (χ1n) is 12.6. The molecule has 1 rings (SSSR count). The Bertz CT molecular complexity index is 979. The van der Waals surface area contributed by atoms with Crippen molar-refractivity contribution in [1.82, 2.24) is 5.32 Å². The monoisotopic (exact) mass is 555 g/mol. The van der Waals surface area contributed by atoms with E-state index in [1.807, 2.05) is 41.5 Å². The molecular formula is C27H41NO11. The van der Waals surface area contributed by atoms with Gasteiger partial charge in [-0.25, -0.2) is 14.4 Å². The summed E-state index contributed by atoms with van der Waals surface area (Å²) in [5.41, 5.74) is -0.162. The van der Waals surface area contributed by atoms with Gasteiger partial charge in [-0.15, -0.1) is 0 Å². The molecule has 2 atom stereocenters. The topological polar surface area (TPSA) is 156 Å². The van der Waals surface area contributed by atoms with E-state index < -0.39 is 36.6 Å². The summed E-state index contributed by atoms with van der Waals surface area (Å²) < 4.78 is 30.5. The Labute approximate surface area is 229 Å². The van der Waals surface area contributed by atoms with Gasteiger partial charge >= 0.3 is 24.4 Å². The van der Waals surface area contributed by atoms with E-state index in [1.54, 1.807) is 13.8 Å². The van der Waals surface area contributed by atoms with Crippen LogP contribution in [0.25, 0.3) is 0 Å². The van der Waals surface area contributed by atoms with Gasteiger partial charge in [0.25, 0.3) is 0 Å². The molecule has 0 aromatic heterocycles. The number of carbonyl (C=O) groups is 4. The third-order valence-corrected chi connectivity index (χ3v) is 4.59. The predicted octanol–water partition coefficient (Wildman–Crippen LogP) is 4.96. The van der Waals surface area contributed by atoms with Crippen LogP contribution in [0.15, 0.2) is 18.2 Å². The van der Waals surface area contributed by atoms with E-state index in [-0.39, 0.29) is 55.1 Å².